The zero-order chi connectivity index (χ0) is 22.0. The van der Waals surface area contributed by atoms with Gasteiger partial charge in [-0.3, -0.25) is 19.3 Å². The van der Waals surface area contributed by atoms with Crippen LogP contribution in [0, 0.1) is 5.41 Å². The smallest absolute Gasteiger partial charge is 0.261 e. The molecule has 3 aliphatic rings. The molecule has 0 bridgehead atoms. The Morgan fingerprint density at radius 2 is 1.74 bits per heavy atom. The van der Waals surface area contributed by atoms with E-state index < -0.39 is 11.8 Å². The van der Waals surface area contributed by atoms with E-state index in [9.17, 15) is 18.8 Å². The van der Waals surface area contributed by atoms with Crippen molar-refractivity contribution in [2.45, 2.75) is 38.1 Å². The summed E-state index contributed by atoms with van der Waals surface area (Å²) in [5.41, 5.74) is 1.37. The second-order valence-electron chi connectivity index (χ2n) is 8.11. The van der Waals surface area contributed by atoms with Crippen LogP contribution in [-0.2, 0) is 4.79 Å². The van der Waals surface area contributed by atoms with Crippen LogP contribution < -0.4 is 5.32 Å². The number of benzene rings is 1. The SMILES string of the molecule is N=C1CCN(C2CCCC2)C(=O)/C1=C/NC/C(=C/F)CN1C(=O)c2ccccc2C1=O. The quantitative estimate of drug-likeness (QED) is 0.542. The molecule has 2 heterocycles. The van der Waals surface area contributed by atoms with Gasteiger partial charge in [-0.05, 0) is 30.5 Å². The Morgan fingerprint density at radius 1 is 1.10 bits per heavy atom. The minimum atomic E-state index is -0.449. The average molecular weight is 424 g/mol. The zero-order valence-electron chi connectivity index (χ0n) is 17.2. The lowest BCUT2D eigenvalue weighted by atomic mass is 10.00. The summed E-state index contributed by atoms with van der Waals surface area (Å²) in [5.74, 6) is -1.06. The molecular weight excluding hydrogens is 399 g/mol. The van der Waals surface area contributed by atoms with E-state index in [2.05, 4.69) is 5.32 Å². The number of likely N-dealkylation sites (tertiary alicyclic amines) is 1. The van der Waals surface area contributed by atoms with Gasteiger partial charge in [-0.2, -0.15) is 0 Å². The first-order valence-corrected chi connectivity index (χ1v) is 10.6. The van der Waals surface area contributed by atoms with Gasteiger partial charge < -0.3 is 15.6 Å². The highest BCUT2D eigenvalue weighted by molar-refractivity contribution is 6.22. The highest BCUT2D eigenvalue weighted by Crippen LogP contribution is 2.27. The van der Waals surface area contributed by atoms with E-state index in [0.717, 1.165) is 30.6 Å². The standard InChI is InChI=1S/C23H25FN4O3/c24-11-15(14-28-21(29)17-7-3-4-8-18(17)22(28)30)12-26-13-19-20(25)9-10-27(23(19)31)16-5-1-2-6-16/h3-4,7-8,11,13,16,25-26H,1-2,5-6,9-10,12,14H2/b15-11-,19-13+,25-20?. The lowest BCUT2D eigenvalue weighted by Gasteiger charge is -2.33. The largest absolute Gasteiger partial charge is 0.386 e. The van der Waals surface area contributed by atoms with Crippen molar-refractivity contribution < 1.29 is 18.8 Å². The van der Waals surface area contributed by atoms with Gasteiger partial charge in [0.15, 0.2) is 0 Å². The number of imide groups is 1. The average Bonchev–Trinajstić information content (AvgIpc) is 3.39. The fourth-order valence-corrected chi connectivity index (χ4v) is 4.46. The molecule has 1 aliphatic carbocycles. The Balaban J connectivity index is 1.39. The number of carbonyl (C=O) groups excluding carboxylic acids is 3. The summed E-state index contributed by atoms with van der Waals surface area (Å²) >= 11 is 0. The highest BCUT2D eigenvalue weighted by Gasteiger charge is 2.36. The molecule has 4 rings (SSSR count). The molecular formula is C23H25FN4O3. The molecule has 162 valence electrons. The van der Waals surface area contributed by atoms with E-state index in [4.69, 9.17) is 5.41 Å². The summed E-state index contributed by atoms with van der Waals surface area (Å²) < 4.78 is 13.5. The number of nitrogens with one attached hydrogen (secondary N) is 2. The number of fused-ring (bicyclic) bond motifs is 1. The van der Waals surface area contributed by atoms with Gasteiger partial charge >= 0.3 is 0 Å². The van der Waals surface area contributed by atoms with Crippen molar-refractivity contribution in [3.63, 3.8) is 0 Å². The number of rotatable bonds is 6. The second-order valence-corrected chi connectivity index (χ2v) is 8.11. The van der Waals surface area contributed by atoms with Crippen LogP contribution in [0.3, 0.4) is 0 Å². The van der Waals surface area contributed by atoms with Gasteiger partial charge in [-0.25, -0.2) is 4.39 Å². The number of hydrogen-bond donors (Lipinski definition) is 2. The number of amides is 3. The van der Waals surface area contributed by atoms with Gasteiger partial charge in [-0.15, -0.1) is 0 Å². The summed E-state index contributed by atoms with van der Waals surface area (Å²) in [5, 5.41) is 11.0. The fraction of sp³-hybridized carbons (Fsp3) is 0.391. The van der Waals surface area contributed by atoms with Crippen molar-refractivity contribution in [1.82, 2.24) is 15.1 Å². The van der Waals surface area contributed by atoms with Crippen molar-refractivity contribution >= 4 is 23.4 Å². The van der Waals surface area contributed by atoms with Crippen molar-refractivity contribution in [2.24, 2.45) is 0 Å². The minimum absolute atomic E-state index is 0.0113. The van der Waals surface area contributed by atoms with Crippen molar-refractivity contribution in [2.75, 3.05) is 19.6 Å². The molecule has 2 fully saturated rings. The molecule has 1 aromatic carbocycles. The normalized spacial score (nSPS) is 21.5. The van der Waals surface area contributed by atoms with Crippen LogP contribution in [0.5, 0.6) is 0 Å². The zero-order valence-corrected chi connectivity index (χ0v) is 17.2. The summed E-state index contributed by atoms with van der Waals surface area (Å²) in [6.07, 6.45) is 6.54. The van der Waals surface area contributed by atoms with Crippen LogP contribution in [0.1, 0.15) is 52.8 Å². The summed E-state index contributed by atoms with van der Waals surface area (Å²) in [6, 6.07) is 6.75. The Labute approximate surface area is 180 Å². The van der Waals surface area contributed by atoms with Crippen molar-refractivity contribution in [1.29, 1.82) is 5.41 Å². The molecule has 0 aromatic heterocycles. The van der Waals surface area contributed by atoms with E-state index >= 15 is 0 Å². The topological polar surface area (TPSA) is 93.6 Å². The third kappa shape index (κ3) is 4.02. The molecule has 0 atom stereocenters. The molecule has 2 aliphatic heterocycles. The van der Waals surface area contributed by atoms with Gasteiger partial charge in [0.1, 0.15) is 0 Å². The maximum atomic E-state index is 13.5. The van der Waals surface area contributed by atoms with Gasteiger partial charge in [0, 0.05) is 37.5 Å². The molecule has 1 saturated carbocycles. The maximum absolute atomic E-state index is 13.5. The predicted molar refractivity (Wildman–Crippen MR) is 113 cm³/mol. The molecule has 0 spiro atoms. The predicted octanol–water partition coefficient (Wildman–Crippen LogP) is 2.80. The van der Waals surface area contributed by atoms with Gasteiger partial charge in [0.05, 0.1) is 29.6 Å². The lowest BCUT2D eigenvalue weighted by Crippen LogP contribution is -2.46. The Hall–Kier alpha value is -3.29. The number of piperidine rings is 1. The third-order valence-electron chi connectivity index (χ3n) is 6.15. The molecule has 0 radical (unpaired) electrons. The molecule has 1 saturated heterocycles. The molecule has 8 heteroatoms. The third-order valence-corrected chi connectivity index (χ3v) is 6.15. The lowest BCUT2D eigenvalue weighted by molar-refractivity contribution is -0.129. The molecule has 0 unspecified atom stereocenters. The van der Waals surface area contributed by atoms with E-state index in [0.29, 0.717) is 30.4 Å². The van der Waals surface area contributed by atoms with E-state index in [1.807, 2.05) is 4.90 Å². The van der Waals surface area contributed by atoms with Crippen LogP contribution in [0.2, 0.25) is 0 Å². The van der Waals surface area contributed by atoms with Crippen LogP contribution in [0.4, 0.5) is 4.39 Å². The Bertz CT molecular complexity index is 959. The Kier molecular flexibility index (Phi) is 5.97. The van der Waals surface area contributed by atoms with Crippen molar-refractivity contribution in [3.05, 3.63) is 59.1 Å². The van der Waals surface area contributed by atoms with Crippen LogP contribution >= 0.6 is 0 Å². The summed E-state index contributed by atoms with van der Waals surface area (Å²) in [7, 11) is 0. The molecule has 3 amide bonds. The number of carbonyl (C=O) groups is 3. The second kappa shape index (κ2) is 8.83. The van der Waals surface area contributed by atoms with E-state index in [1.165, 1.54) is 6.20 Å². The van der Waals surface area contributed by atoms with E-state index in [1.54, 1.807) is 24.3 Å². The molecule has 7 nitrogen and oxygen atoms in total. The number of halogens is 1. The van der Waals surface area contributed by atoms with Crippen LogP contribution in [-0.4, -0.2) is 58.9 Å². The monoisotopic (exact) mass is 424 g/mol. The first-order valence-electron chi connectivity index (χ1n) is 10.6. The van der Waals surface area contributed by atoms with Crippen LogP contribution in [0.25, 0.3) is 0 Å². The molecule has 1 aromatic rings. The first kappa shape index (κ1) is 21.0. The number of hydrogen-bond acceptors (Lipinski definition) is 5. The summed E-state index contributed by atoms with van der Waals surface area (Å²) in [4.78, 5) is 40.7. The maximum Gasteiger partial charge on any atom is 0.261 e. The Morgan fingerprint density at radius 3 is 2.35 bits per heavy atom. The minimum Gasteiger partial charge on any atom is -0.386 e. The first-order chi connectivity index (χ1) is 15.0. The van der Waals surface area contributed by atoms with Crippen molar-refractivity contribution in [3.8, 4) is 0 Å². The van der Waals surface area contributed by atoms with Gasteiger partial charge in [0.25, 0.3) is 17.7 Å². The van der Waals surface area contributed by atoms with E-state index in [-0.39, 0.29) is 41.9 Å². The molecule has 2 N–H and O–H groups in total. The van der Waals surface area contributed by atoms with Gasteiger partial charge in [0.2, 0.25) is 0 Å². The van der Waals surface area contributed by atoms with Crippen LogP contribution in [0.15, 0.2) is 47.9 Å². The number of nitrogens with zero attached hydrogens (tertiary/aromatic N) is 2. The molecule has 31 heavy (non-hydrogen) atoms. The summed E-state index contributed by atoms with van der Waals surface area (Å²) in [6.45, 7) is 0.394. The van der Waals surface area contributed by atoms with Gasteiger partial charge in [-0.1, -0.05) is 25.0 Å². The fourth-order valence-electron chi connectivity index (χ4n) is 4.46. The highest BCUT2D eigenvalue weighted by atomic mass is 19.1.